The smallest absolute Gasteiger partial charge is 0.253 e. The molecule has 0 radical (unpaired) electrons. The summed E-state index contributed by atoms with van der Waals surface area (Å²) in [6, 6.07) is 7.09. The number of hydrogen-bond acceptors (Lipinski definition) is 3. The Kier molecular flexibility index (Phi) is 8.98. The number of hydrogen-bond donors (Lipinski definition) is 2. The van der Waals surface area contributed by atoms with E-state index in [4.69, 9.17) is 4.74 Å². The van der Waals surface area contributed by atoms with Gasteiger partial charge in [0.15, 0.2) is 0 Å². The van der Waals surface area contributed by atoms with E-state index in [0.29, 0.717) is 31.0 Å². The molecule has 0 saturated heterocycles. The Labute approximate surface area is 138 Å². The average Bonchev–Trinajstić information content (AvgIpc) is 2.56. The van der Waals surface area contributed by atoms with Crippen LogP contribution in [0.4, 0.5) is 5.69 Å². The summed E-state index contributed by atoms with van der Waals surface area (Å²) in [5.41, 5.74) is 1.05. The molecule has 0 spiro atoms. The molecule has 1 aromatic carbocycles. The Morgan fingerprint density at radius 2 is 1.83 bits per heavy atom. The first-order valence-corrected chi connectivity index (χ1v) is 8.39. The number of para-hydroxylation sites is 1. The predicted octanol–water partition coefficient (Wildman–Crippen LogP) is 3.22. The van der Waals surface area contributed by atoms with Gasteiger partial charge >= 0.3 is 0 Å². The van der Waals surface area contributed by atoms with Crippen LogP contribution in [0.5, 0.6) is 0 Å². The van der Waals surface area contributed by atoms with Gasteiger partial charge in [-0.15, -0.1) is 0 Å². The predicted molar refractivity (Wildman–Crippen MR) is 92.6 cm³/mol. The first kappa shape index (κ1) is 19.2. The summed E-state index contributed by atoms with van der Waals surface area (Å²) in [5.74, 6) is -0.245. The Balaban J connectivity index is 2.65. The molecule has 0 aliphatic rings. The van der Waals surface area contributed by atoms with Crippen molar-refractivity contribution in [1.29, 1.82) is 0 Å². The van der Waals surface area contributed by atoms with E-state index in [1.807, 2.05) is 26.8 Å². The maximum atomic E-state index is 12.3. The van der Waals surface area contributed by atoms with Crippen molar-refractivity contribution < 1.29 is 14.3 Å². The van der Waals surface area contributed by atoms with Crippen LogP contribution >= 0.6 is 0 Å². The number of nitrogens with one attached hydrogen (secondary N) is 2. The summed E-state index contributed by atoms with van der Waals surface area (Å²) in [6.45, 7) is 7.78. The highest BCUT2D eigenvalue weighted by molar-refractivity contribution is 6.04. The number of benzene rings is 1. The van der Waals surface area contributed by atoms with E-state index in [9.17, 15) is 9.59 Å². The molecule has 0 aliphatic carbocycles. The van der Waals surface area contributed by atoms with Gasteiger partial charge in [-0.25, -0.2) is 0 Å². The van der Waals surface area contributed by atoms with Crippen LogP contribution in [-0.4, -0.2) is 31.6 Å². The third-order valence-corrected chi connectivity index (χ3v) is 3.74. The highest BCUT2D eigenvalue weighted by Crippen LogP contribution is 2.18. The van der Waals surface area contributed by atoms with E-state index in [1.54, 1.807) is 18.2 Å². The largest absolute Gasteiger partial charge is 0.382 e. The third-order valence-electron chi connectivity index (χ3n) is 3.74. The SMILES string of the molecule is CCOCCCNC(=O)c1ccccc1NC(=O)C(CC)CC. The summed E-state index contributed by atoms with van der Waals surface area (Å²) in [6.07, 6.45) is 2.34. The van der Waals surface area contributed by atoms with Gasteiger partial charge in [-0.2, -0.15) is 0 Å². The van der Waals surface area contributed by atoms with Gasteiger partial charge in [-0.05, 0) is 38.3 Å². The molecule has 128 valence electrons. The molecule has 5 heteroatoms. The van der Waals surface area contributed by atoms with Crippen LogP contribution in [0.15, 0.2) is 24.3 Å². The molecule has 0 saturated carbocycles. The van der Waals surface area contributed by atoms with Gasteiger partial charge in [0.05, 0.1) is 11.3 Å². The van der Waals surface area contributed by atoms with Crippen molar-refractivity contribution in [1.82, 2.24) is 5.32 Å². The van der Waals surface area contributed by atoms with Crippen molar-refractivity contribution in [3.8, 4) is 0 Å². The monoisotopic (exact) mass is 320 g/mol. The lowest BCUT2D eigenvalue weighted by Gasteiger charge is -2.15. The van der Waals surface area contributed by atoms with Crippen LogP contribution in [-0.2, 0) is 9.53 Å². The molecule has 0 bridgehead atoms. The molecule has 0 heterocycles. The van der Waals surface area contributed by atoms with Gasteiger partial charge in [0.2, 0.25) is 5.91 Å². The molecule has 0 aliphatic heterocycles. The minimum Gasteiger partial charge on any atom is -0.382 e. The zero-order valence-electron chi connectivity index (χ0n) is 14.4. The highest BCUT2D eigenvalue weighted by atomic mass is 16.5. The Bertz CT molecular complexity index is 499. The van der Waals surface area contributed by atoms with E-state index >= 15 is 0 Å². The summed E-state index contributed by atoms with van der Waals surface area (Å²) in [5, 5.41) is 5.74. The fourth-order valence-electron chi connectivity index (χ4n) is 2.30. The van der Waals surface area contributed by atoms with Crippen molar-refractivity contribution in [2.45, 2.75) is 40.0 Å². The summed E-state index contributed by atoms with van der Waals surface area (Å²) in [7, 11) is 0. The quantitative estimate of drug-likeness (QED) is 0.650. The van der Waals surface area contributed by atoms with Gasteiger partial charge in [0, 0.05) is 25.7 Å². The van der Waals surface area contributed by atoms with Crippen molar-refractivity contribution >= 4 is 17.5 Å². The van der Waals surface area contributed by atoms with Crippen molar-refractivity contribution in [2.24, 2.45) is 5.92 Å². The van der Waals surface area contributed by atoms with Crippen LogP contribution in [0.2, 0.25) is 0 Å². The minimum absolute atomic E-state index is 0.0303. The summed E-state index contributed by atoms with van der Waals surface area (Å²) in [4.78, 5) is 24.5. The van der Waals surface area contributed by atoms with E-state index in [0.717, 1.165) is 19.3 Å². The van der Waals surface area contributed by atoms with Gasteiger partial charge in [-0.1, -0.05) is 26.0 Å². The van der Waals surface area contributed by atoms with Gasteiger partial charge < -0.3 is 15.4 Å². The first-order valence-electron chi connectivity index (χ1n) is 8.39. The van der Waals surface area contributed by atoms with Crippen LogP contribution < -0.4 is 10.6 Å². The summed E-state index contributed by atoms with van der Waals surface area (Å²) >= 11 is 0. The lowest BCUT2D eigenvalue weighted by molar-refractivity contribution is -0.120. The topological polar surface area (TPSA) is 67.4 Å². The minimum atomic E-state index is -0.179. The standard InChI is InChI=1S/C18H28N2O3/c1-4-14(5-2)17(21)20-16-11-8-7-10-15(16)18(22)19-12-9-13-23-6-3/h7-8,10-11,14H,4-6,9,12-13H2,1-3H3,(H,19,22)(H,20,21). The number of carbonyl (C=O) groups excluding carboxylic acids is 2. The summed E-state index contributed by atoms with van der Waals surface area (Å²) < 4.78 is 5.24. The van der Waals surface area contributed by atoms with Crippen LogP contribution in [0.25, 0.3) is 0 Å². The van der Waals surface area contributed by atoms with E-state index in [2.05, 4.69) is 10.6 Å². The second-order valence-corrected chi connectivity index (χ2v) is 5.35. The fraction of sp³-hybridized carbons (Fsp3) is 0.556. The van der Waals surface area contributed by atoms with Gasteiger partial charge in [0.25, 0.3) is 5.91 Å². The number of rotatable bonds is 10. The van der Waals surface area contributed by atoms with Crippen molar-refractivity contribution in [2.75, 3.05) is 25.1 Å². The molecule has 0 fully saturated rings. The number of carbonyl (C=O) groups is 2. The second kappa shape index (κ2) is 10.8. The molecule has 0 atom stereocenters. The molecule has 1 rings (SSSR count). The molecule has 0 unspecified atom stereocenters. The van der Waals surface area contributed by atoms with E-state index in [-0.39, 0.29) is 17.7 Å². The zero-order valence-corrected chi connectivity index (χ0v) is 14.4. The third kappa shape index (κ3) is 6.40. The van der Waals surface area contributed by atoms with E-state index in [1.165, 1.54) is 0 Å². The second-order valence-electron chi connectivity index (χ2n) is 5.35. The van der Waals surface area contributed by atoms with Gasteiger partial charge in [-0.3, -0.25) is 9.59 Å². The molecule has 0 aromatic heterocycles. The highest BCUT2D eigenvalue weighted by Gasteiger charge is 2.17. The maximum Gasteiger partial charge on any atom is 0.253 e. The molecule has 1 aromatic rings. The van der Waals surface area contributed by atoms with Crippen molar-refractivity contribution in [3.05, 3.63) is 29.8 Å². The first-order chi connectivity index (χ1) is 11.1. The maximum absolute atomic E-state index is 12.3. The number of anilines is 1. The number of ether oxygens (including phenoxy) is 1. The Morgan fingerprint density at radius 3 is 2.48 bits per heavy atom. The lowest BCUT2D eigenvalue weighted by Crippen LogP contribution is -2.28. The van der Waals surface area contributed by atoms with Crippen molar-refractivity contribution in [3.63, 3.8) is 0 Å². The lowest BCUT2D eigenvalue weighted by atomic mass is 10.0. The Morgan fingerprint density at radius 1 is 1.13 bits per heavy atom. The van der Waals surface area contributed by atoms with Crippen LogP contribution in [0, 0.1) is 5.92 Å². The number of amides is 2. The fourth-order valence-corrected chi connectivity index (χ4v) is 2.30. The molecule has 5 nitrogen and oxygen atoms in total. The zero-order chi connectivity index (χ0) is 17.1. The molecule has 23 heavy (non-hydrogen) atoms. The van der Waals surface area contributed by atoms with E-state index < -0.39 is 0 Å². The van der Waals surface area contributed by atoms with Gasteiger partial charge in [0.1, 0.15) is 0 Å². The molecule has 2 amide bonds. The Hall–Kier alpha value is -1.88. The van der Waals surface area contributed by atoms with Crippen LogP contribution in [0.1, 0.15) is 50.4 Å². The molecule has 2 N–H and O–H groups in total. The molecular weight excluding hydrogens is 292 g/mol. The normalized spacial score (nSPS) is 10.6. The average molecular weight is 320 g/mol. The molecular formula is C18H28N2O3. The van der Waals surface area contributed by atoms with Crippen LogP contribution in [0.3, 0.4) is 0 Å².